The van der Waals surface area contributed by atoms with Crippen molar-refractivity contribution in [3.05, 3.63) is 41.0 Å². The number of piperidine rings is 1. The minimum Gasteiger partial charge on any atom is -0.350 e. The van der Waals surface area contributed by atoms with Crippen LogP contribution in [0.15, 0.2) is 12.1 Å². The normalized spacial score (nSPS) is 30.3. The lowest BCUT2D eigenvalue weighted by molar-refractivity contribution is -0.175. The van der Waals surface area contributed by atoms with Gasteiger partial charge in [-0.3, -0.25) is 0 Å². The summed E-state index contributed by atoms with van der Waals surface area (Å²) in [5, 5.41) is 10.6. The summed E-state index contributed by atoms with van der Waals surface area (Å²) >= 11 is 0. The van der Waals surface area contributed by atoms with Crippen LogP contribution in [0.1, 0.15) is 49.0 Å². The monoisotopic (exact) mass is 445 g/mol. The zero-order valence-corrected chi connectivity index (χ0v) is 16.4. The molecule has 1 aromatic carbocycles. The van der Waals surface area contributed by atoms with E-state index < -0.39 is 35.6 Å². The van der Waals surface area contributed by atoms with Gasteiger partial charge < -0.3 is 10.6 Å². The van der Waals surface area contributed by atoms with Crippen LogP contribution >= 0.6 is 0 Å². The van der Waals surface area contributed by atoms with Gasteiger partial charge in [0.25, 0.3) is 0 Å². The highest BCUT2D eigenvalue weighted by Crippen LogP contribution is 2.45. The van der Waals surface area contributed by atoms with Crippen molar-refractivity contribution < 1.29 is 26.3 Å². The molecule has 2 bridgehead atoms. The number of alkyl halides is 3. The zero-order chi connectivity index (χ0) is 21.9. The van der Waals surface area contributed by atoms with Crippen LogP contribution in [0, 0.1) is 29.3 Å². The van der Waals surface area contributed by atoms with Gasteiger partial charge in [0.1, 0.15) is 11.9 Å². The molecule has 4 atom stereocenters. The van der Waals surface area contributed by atoms with Gasteiger partial charge in [0.2, 0.25) is 5.95 Å². The van der Waals surface area contributed by atoms with Crippen molar-refractivity contribution in [2.75, 3.05) is 18.4 Å². The predicted octanol–water partition coefficient (Wildman–Crippen LogP) is 4.13. The molecule has 4 unspecified atom stereocenters. The van der Waals surface area contributed by atoms with Gasteiger partial charge in [-0.2, -0.15) is 18.2 Å². The van der Waals surface area contributed by atoms with Crippen molar-refractivity contribution in [1.29, 1.82) is 0 Å². The molecule has 1 aromatic heterocycles. The summed E-state index contributed by atoms with van der Waals surface area (Å²) in [6, 6.07) is -0.0184. The second-order valence-corrected chi connectivity index (χ2v) is 8.62. The first-order valence-corrected chi connectivity index (χ1v) is 10.4. The Morgan fingerprint density at radius 1 is 0.968 bits per heavy atom. The van der Waals surface area contributed by atoms with Crippen LogP contribution in [-0.2, 0) is 0 Å². The van der Waals surface area contributed by atoms with Crippen LogP contribution in [0.3, 0.4) is 0 Å². The summed E-state index contributed by atoms with van der Waals surface area (Å²) in [5.74, 6) is -4.74. The first kappa shape index (κ1) is 20.6. The lowest BCUT2D eigenvalue weighted by Crippen LogP contribution is -2.45. The molecule has 168 valence electrons. The van der Waals surface area contributed by atoms with Crippen molar-refractivity contribution in [1.82, 2.24) is 20.1 Å². The number of nitrogens with zero attached hydrogens (tertiary/aromatic N) is 3. The van der Waals surface area contributed by atoms with Gasteiger partial charge in [0, 0.05) is 17.5 Å². The molecular formula is C20H21F6N5. The molecular weight excluding hydrogens is 424 g/mol. The van der Waals surface area contributed by atoms with Gasteiger partial charge in [-0.1, -0.05) is 6.07 Å². The maximum atomic E-state index is 14.4. The van der Waals surface area contributed by atoms with Gasteiger partial charge in [0.15, 0.2) is 17.5 Å². The molecule has 11 heteroatoms. The molecule has 2 aliphatic heterocycles. The van der Waals surface area contributed by atoms with Crippen molar-refractivity contribution >= 4 is 5.95 Å². The smallest absolute Gasteiger partial charge is 0.350 e. The van der Waals surface area contributed by atoms with Gasteiger partial charge in [0.05, 0.1) is 0 Å². The summed E-state index contributed by atoms with van der Waals surface area (Å²) in [7, 11) is 0. The quantitative estimate of drug-likeness (QED) is 0.551. The van der Waals surface area contributed by atoms with E-state index in [4.69, 9.17) is 0 Å². The molecule has 1 saturated carbocycles. The number of aromatic nitrogens is 3. The van der Waals surface area contributed by atoms with Crippen LogP contribution < -0.4 is 10.6 Å². The summed E-state index contributed by atoms with van der Waals surface area (Å²) in [6.45, 7) is 1.63. The Labute approximate surface area is 174 Å². The molecule has 0 spiro atoms. The minimum atomic E-state index is -4.56. The summed E-state index contributed by atoms with van der Waals surface area (Å²) in [5.41, 5.74) is -0.221. The van der Waals surface area contributed by atoms with Crippen molar-refractivity contribution in [3.63, 3.8) is 0 Å². The van der Waals surface area contributed by atoms with E-state index in [1.807, 2.05) is 0 Å². The largest absolute Gasteiger partial charge is 0.410 e. The molecule has 5 rings (SSSR count). The number of hydrogen-bond donors (Lipinski definition) is 2. The summed E-state index contributed by atoms with van der Waals surface area (Å²) in [4.78, 5) is 4.29. The van der Waals surface area contributed by atoms with Crippen LogP contribution in [0.25, 0.3) is 0 Å². The lowest BCUT2D eigenvalue weighted by Gasteiger charge is -2.31. The third-order valence-electron chi connectivity index (χ3n) is 6.84. The topological polar surface area (TPSA) is 54.8 Å². The number of benzene rings is 1. The Kier molecular flexibility index (Phi) is 4.91. The summed E-state index contributed by atoms with van der Waals surface area (Å²) in [6.07, 6.45) is -3.01. The van der Waals surface area contributed by atoms with E-state index in [1.165, 1.54) is 0 Å². The lowest BCUT2D eigenvalue weighted by atomic mass is 9.88. The maximum Gasteiger partial charge on any atom is 0.410 e. The third kappa shape index (κ3) is 3.46. The van der Waals surface area contributed by atoms with Gasteiger partial charge >= 0.3 is 6.18 Å². The van der Waals surface area contributed by atoms with Gasteiger partial charge in [-0.25, -0.2) is 17.9 Å². The first-order chi connectivity index (χ1) is 14.7. The molecule has 0 radical (unpaired) electrons. The molecule has 2 fully saturated rings. The van der Waals surface area contributed by atoms with Crippen LogP contribution in [0.2, 0.25) is 0 Å². The Hall–Kier alpha value is -2.30. The number of rotatable bonds is 3. The van der Waals surface area contributed by atoms with Crippen LogP contribution in [0.4, 0.5) is 32.3 Å². The van der Waals surface area contributed by atoms with E-state index in [-0.39, 0.29) is 36.2 Å². The average molecular weight is 445 g/mol. The minimum absolute atomic E-state index is 0.0495. The Morgan fingerprint density at radius 2 is 1.68 bits per heavy atom. The second-order valence-electron chi connectivity index (χ2n) is 8.62. The van der Waals surface area contributed by atoms with E-state index in [2.05, 4.69) is 20.7 Å². The van der Waals surface area contributed by atoms with E-state index in [1.54, 1.807) is 0 Å². The molecule has 1 saturated heterocycles. The number of halogens is 6. The highest BCUT2D eigenvalue weighted by atomic mass is 19.4. The fourth-order valence-electron chi connectivity index (χ4n) is 5.32. The molecule has 3 aliphatic rings. The third-order valence-corrected chi connectivity index (χ3v) is 6.84. The average Bonchev–Trinajstić information content (AvgIpc) is 3.21. The van der Waals surface area contributed by atoms with Gasteiger partial charge in [-0.15, -0.1) is 5.10 Å². The number of anilines is 1. The standard InChI is InChI=1S/C20H21F6N5/c21-13-5-3-11(15(22)16(13)23)12-4-6-14(20(24,25)26)31-18(12)29-19(30-31)28-17-9-1-2-10(17)8-27-7-9/h3,5,9-10,12,14,17,27H,1-2,4,6-8H2,(H,28,30). The highest BCUT2D eigenvalue weighted by molar-refractivity contribution is 5.35. The number of nitrogens with one attached hydrogen (secondary N) is 2. The molecule has 0 amide bonds. The number of hydrogen-bond acceptors (Lipinski definition) is 4. The fourth-order valence-corrected chi connectivity index (χ4v) is 5.32. The zero-order valence-electron chi connectivity index (χ0n) is 16.4. The Bertz CT molecular complexity index is 973. The molecule has 5 nitrogen and oxygen atoms in total. The Morgan fingerprint density at radius 3 is 2.35 bits per heavy atom. The second kappa shape index (κ2) is 7.39. The molecule has 3 heterocycles. The SMILES string of the molecule is Fc1ccc(C2CCC(C(F)(F)F)n3nc(NC4C5CCC4CNC5)nc32)c(F)c1F. The van der Waals surface area contributed by atoms with E-state index >= 15 is 0 Å². The highest BCUT2D eigenvalue weighted by Gasteiger charge is 2.48. The van der Waals surface area contributed by atoms with Gasteiger partial charge in [-0.05, 0) is 56.7 Å². The molecule has 1 aliphatic carbocycles. The molecule has 2 N–H and O–H groups in total. The maximum absolute atomic E-state index is 14.4. The van der Waals surface area contributed by atoms with Crippen molar-refractivity contribution in [2.24, 2.45) is 11.8 Å². The van der Waals surface area contributed by atoms with Crippen molar-refractivity contribution in [2.45, 2.75) is 49.9 Å². The van der Waals surface area contributed by atoms with Crippen LogP contribution in [0.5, 0.6) is 0 Å². The predicted molar refractivity (Wildman–Crippen MR) is 99.0 cm³/mol. The molecule has 2 aromatic rings. The number of fused-ring (bicyclic) bond motifs is 3. The first-order valence-electron chi connectivity index (χ1n) is 10.4. The van der Waals surface area contributed by atoms with E-state index in [9.17, 15) is 26.3 Å². The van der Waals surface area contributed by atoms with E-state index in [0.29, 0.717) is 11.8 Å². The Balaban J connectivity index is 1.53. The molecule has 31 heavy (non-hydrogen) atoms. The van der Waals surface area contributed by atoms with Crippen LogP contribution in [-0.4, -0.2) is 40.1 Å². The van der Waals surface area contributed by atoms with Crippen molar-refractivity contribution in [3.8, 4) is 0 Å². The fraction of sp³-hybridized carbons (Fsp3) is 0.600. The summed E-state index contributed by atoms with van der Waals surface area (Å²) < 4.78 is 83.3. The van der Waals surface area contributed by atoms with E-state index in [0.717, 1.165) is 42.7 Å².